The van der Waals surface area contributed by atoms with E-state index in [-0.39, 0.29) is 0 Å². The molecule has 0 fully saturated rings. The van der Waals surface area contributed by atoms with Gasteiger partial charge in [0.05, 0.1) is 0 Å². The number of aliphatic carboxylic acids is 3. The third-order valence-corrected chi connectivity index (χ3v) is 9.04. The second kappa shape index (κ2) is 50.7. The summed E-state index contributed by atoms with van der Waals surface area (Å²) in [6.45, 7) is 6.71. The van der Waals surface area contributed by atoms with Gasteiger partial charge in [0.25, 0.3) is 0 Å². The molecule has 52 heavy (non-hydrogen) atoms. The maximum absolute atomic E-state index is 10.3. The van der Waals surface area contributed by atoms with E-state index in [0.717, 1.165) is 38.5 Å². The molecular weight excluding hydrogens is 649 g/mol. The first-order chi connectivity index (χ1) is 25.3. The van der Waals surface area contributed by atoms with Gasteiger partial charge in [0.2, 0.25) is 0 Å². The molecule has 306 valence electrons. The molecular formula is C46H86O6. The third kappa shape index (κ3) is 62.7. The lowest BCUT2D eigenvalue weighted by Gasteiger charge is -2.00. The summed E-state index contributed by atoms with van der Waals surface area (Å²) in [6, 6.07) is 0. The molecule has 0 atom stereocenters. The molecule has 0 aliphatic heterocycles. The smallest absolute Gasteiger partial charge is 0.327 e. The van der Waals surface area contributed by atoms with Gasteiger partial charge in [-0.25, -0.2) is 4.79 Å². The molecule has 0 saturated heterocycles. The van der Waals surface area contributed by atoms with E-state index in [1.807, 2.05) is 0 Å². The minimum atomic E-state index is -0.837. The third-order valence-electron chi connectivity index (χ3n) is 9.04. The zero-order chi connectivity index (χ0) is 39.0. The van der Waals surface area contributed by atoms with E-state index in [4.69, 9.17) is 15.3 Å². The number of allylic oxidation sites excluding steroid dienone is 5. The minimum Gasteiger partial charge on any atom is -0.481 e. The fraction of sp³-hybridized carbons (Fsp3) is 0.804. The zero-order valence-corrected chi connectivity index (χ0v) is 34.6. The second-order valence-corrected chi connectivity index (χ2v) is 14.4. The number of hydrogen-bond acceptors (Lipinski definition) is 3. The Hall–Kier alpha value is -2.37. The van der Waals surface area contributed by atoms with Gasteiger partial charge in [-0.1, -0.05) is 186 Å². The maximum atomic E-state index is 10.3. The van der Waals surface area contributed by atoms with Gasteiger partial charge in [0.1, 0.15) is 0 Å². The Morgan fingerprint density at radius 2 is 0.577 bits per heavy atom. The summed E-state index contributed by atoms with van der Waals surface area (Å²) in [7, 11) is 0. The van der Waals surface area contributed by atoms with Gasteiger partial charge in [0.15, 0.2) is 0 Å². The summed E-state index contributed by atoms with van der Waals surface area (Å²) in [6.07, 6.45) is 52.4. The van der Waals surface area contributed by atoms with Crippen LogP contribution in [-0.4, -0.2) is 33.2 Å². The van der Waals surface area contributed by atoms with Crippen molar-refractivity contribution in [2.45, 2.75) is 239 Å². The van der Waals surface area contributed by atoms with Gasteiger partial charge in [-0.05, 0) is 70.6 Å². The first-order valence-corrected chi connectivity index (χ1v) is 21.9. The van der Waals surface area contributed by atoms with Crippen LogP contribution in [0.5, 0.6) is 0 Å². The van der Waals surface area contributed by atoms with E-state index in [1.165, 1.54) is 173 Å². The molecule has 0 aromatic heterocycles. The molecule has 0 heterocycles. The van der Waals surface area contributed by atoms with Crippen molar-refractivity contribution in [2.75, 3.05) is 0 Å². The quantitative estimate of drug-likeness (QED) is 0.0333. The summed E-state index contributed by atoms with van der Waals surface area (Å²) < 4.78 is 0. The summed E-state index contributed by atoms with van der Waals surface area (Å²) in [5, 5.41) is 25.3. The van der Waals surface area contributed by atoms with Gasteiger partial charge in [0, 0.05) is 18.9 Å². The predicted octanol–water partition coefficient (Wildman–Crippen LogP) is 15.2. The topological polar surface area (TPSA) is 112 Å². The van der Waals surface area contributed by atoms with Gasteiger partial charge >= 0.3 is 17.9 Å². The van der Waals surface area contributed by atoms with Crippen LogP contribution < -0.4 is 0 Å². The van der Waals surface area contributed by atoms with Crippen LogP contribution >= 0.6 is 0 Å². The fourth-order valence-electron chi connectivity index (χ4n) is 5.73. The summed E-state index contributed by atoms with van der Waals surface area (Å²) in [4.78, 5) is 30.7. The maximum Gasteiger partial charge on any atom is 0.327 e. The summed E-state index contributed by atoms with van der Waals surface area (Å²) >= 11 is 0. The van der Waals surface area contributed by atoms with E-state index >= 15 is 0 Å². The Morgan fingerprint density at radius 1 is 0.327 bits per heavy atom. The largest absolute Gasteiger partial charge is 0.481 e. The van der Waals surface area contributed by atoms with Crippen LogP contribution in [0, 0.1) is 0 Å². The molecule has 6 nitrogen and oxygen atoms in total. The highest BCUT2D eigenvalue weighted by Gasteiger charge is 1.97. The number of hydrogen-bond donors (Lipinski definition) is 3. The van der Waals surface area contributed by atoms with E-state index in [9.17, 15) is 14.4 Å². The fourth-order valence-corrected chi connectivity index (χ4v) is 5.73. The number of unbranched alkanes of at least 4 members (excludes halogenated alkanes) is 27. The van der Waals surface area contributed by atoms with E-state index < -0.39 is 17.9 Å². The van der Waals surface area contributed by atoms with E-state index in [1.54, 1.807) is 6.08 Å². The summed E-state index contributed by atoms with van der Waals surface area (Å²) in [5.74, 6) is -2.17. The Balaban J connectivity index is -0.000000699. The lowest BCUT2D eigenvalue weighted by atomic mass is 10.1. The molecule has 0 spiro atoms. The Labute approximate surface area is 322 Å². The standard InChI is InChI=1S/C18H34O2.2C14H26O2/c1-2-3-4-5-6-7-8-9-10-11-12-13-14-15-16-17-18(19)20;2*1-2-3-4-5-6-7-8-9-10-11-12-13-14(15)16/h9-10H,2-8,11-17H2,1H3,(H,19,20);12-13H,2-11H2,1H3,(H,15,16);5-6H,2-4,7-13H2,1H3,(H,15,16)/b10-9-;;6-5-. The van der Waals surface area contributed by atoms with Crippen LogP contribution in [0.2, 0.25) is 0 Å². The summed E-state index contributed by atoms with van der Waals surface area (Å²) in [5.41, 5.74) is 0. The van der Waals surface area contributed by atoms with Crippen molar-refractivity contribution in [3.05, 3.63) is 36.5 Å². The molecule has 0 aliphatic rings. The van der Waals surface area contributed by atoms with Crippen molar-refractivity contribution < 1.29 is 29.7 Å². The Bertz CT molecular complexity index is 816. The molecule has 0 saturated carbocycles. The van der Waals surface area contributed by atoms with Crippen LogP contribution in [-0.2, 0) is 14.4 Å². The molecule has 0 amide bonds. The number of carbonyl (C=O) groups is 3. The molecule has 3 N–H and O–H groups in total. The van der Waals surface area contributed by atoms with Crippen LogP contribution in [0.4, 0.5) is 0 Å². The van der Waals surface area contributed by atoms with Gasteiger partial charge in [-0.3, -0.25) is 9.59 Å². The predicted molar refractivity (Wildman–Crippen MR) is 224 cm³/mol. The van der Waals surface area contributed by atoms with Gasteiger partial charge in [-0.15, -0.1) is 0 Å². The Kier molecular flexibility index (Phi) is 52.7. The first-order valence-electron chi connectivity index (χ1n) is 21.9. The monoisotopic (exact) mass is 735 g/mol. The highest BCUT2D eigenvalue weighted by molar-refractivity contribution is 5.79. The lowest BCUT2D eigenvalue weighted by molar-refractivity contribution is -0.138. The highest BCUT2D eigenvalue weighted by atomic mass is 16.4. The molecule has 6 heteroatoms. The Morgan fingerprint density at radius 3 is 0.865 bits per heavy atom. The van der Waals surface area contributed by atoms with E-state index in [2.05, 4.69) is 45.1 Å². The average molecular weight is 735 g/mol. The van der Waals surface area contributed by atoms with Crippen molar-refractivity contribution >= 4 is 17.9 Å². The second-order valence-electron chi connectivity index (χ2n) is 14.4. The van der Waals surface area contributed by atoms with Crippen molar-refractivity contribution in [3.8, 4) is 0 Å². The molecule has 0 aromatic carbocycles. The first kappa shape index (κ1) is 54.0. The SMILES string of the molecule is CCCC/C=C\CCCCCCCC(=O)O.CCCCCCCC/C=C\CCCCCCCC(=O)O.CCCCCCCCCCCC=CC(=O)O. The van der Waals surface area contributed by atoms with Crippen LogP contribution in [0.1, 0.15) is 239 Å². The number of rotatable bonds is 37. The number of carboxylic acids is 3. The lowest BCUT2D eigenvalue weighted by Crippen LogP contribution is -1.93. The van der Waals surface area contributed by atoms with Gasteiger partial charge in [-0.2, -0.15) is 0 Å². The highest BCUT2D eigenvalue weighted by Crippen LogP contribution is 2.12. The zero-order valence-electron chi connectivity index (χ0n) is 34.6. The van der Waals surface area contributed by atoms with E-state index in [0.29, 0.717) is 12.8 Å². The van der Waals surface area contributed by atoms with Crippen LogP contribution in [0.3, 0.4) is 0 Å². The average Bonchev–Trinajstić information content (AvgIpc) is 3.11. The molecule has 0 aliphatic carbocycles. The van der Waals surface area contributed by atoms with Crippen molar-refractivity contribution in [1.29, 1.82) is 0 Å². The molecule has 0 radical (unpaired) electrons. The number of carboxylic acid groups (broad SMARTS) is 3. The van der Waals surface area contributed by atoms with Gasteiger partial charge < -0.3 is 15.3 Å². The van der Waals surface area contributed by atoms with Crippen molar-refractivity contribution in [1.82, 2.24) is 0 Å². The van der Waals surface area contributed by atoms with Crippen LogP contribution in [0.25, 0.3) is 0 Å². The minimum absolute atomic E-state index is 0.330. The molecule has 0 rings (SSSR count). The van der Waals surface area contributed by atoms with Crippen LogP contribution in [0.15, 0.2) is 36.5 Å². The molecule has 0 bridgehead atoms. The van der Waals surface area contributed by atoms with Crippen molar-refractivity contribution in [2.24, 2.45) is 0 Å². The normalized spacial score (nSPS) is 11.1. The molecule has 0 aromatic rings. The molecule has 0 unspecified atom stereocenters. The van der Waals surface area contributed by atoms with Crippen molar-refractivity contribution in [3.63, 3.8) is 0 Å².